The van der Waals surface area contributed by atoms with Crippen LogP contribution in [-0.2, 0) is 0 Å². The quantitative estimate of drug-likeness (QED) is 0.709. The number of hydrogen-bond donors (Lipinski definition) is 1. The van der Waals surface area contributed by atoms with Crippen LogP contribution in [0.15, 0.2) is 35.7 Å². The van der Waals surface area contributed by atoms with Crippen molar-refractivity contribution in [2.24, 2.45) is 0 Å². The third kappa shape index (κ3) is 2.34. The summed E-state index contributed by atoms with van der Waals surface area (Å²) in [7, 11) is 0. The molecular formula is C12H7ClFN3S2. The van der Waals surface area contributed by atoms with Crippen molar-refractivity contribution in [3.63, 3.8) is 0 Å². The van der Waals surface area contributed by atoms with E-state index in [9.17, 15) is 4.39 Å². The molecule has 3 aromatic rings. The Bertz CT molecular complexity index is 756. The van der Waals surface area contributed by atoms with Crippen LogP contribution in [0, 0.1) is 10.6 Å². The van der Waals surface area contributed by atoms with Crippen LogP contribution < -0.4 is 0 Å². The van der Waals surface area contributed by atoms with Crippen molar-refractivity contribution in [3.05, 3.63) is 51.3 Å². The summed E-state index contributed by atoms with van der Waals surface area (Å²) >= 11 is 12.6. The molecule has 0 aliphatic heterocycles. The van der Waals surface area contributed by atoms with Gasteiger partial charge in [-0.1, -0.05) is 17.7 Å². The summed E-state index contributed by atoms with van der Waals surface area (Å²) in [6.45, 7) is 0. The summed E-state index contributed by atoms with van der Waals surface area (Å²) in [5, 5.41) is 9.16. The molecular weight excluding hydrogens is 305 g/mol. The van der Waals surface area contributed by atoms with Gasteiger partial charge in [-0.05, 0) is 41.9 Å². The minimum atomic E-state index is -0.414. The summed E-state index contributed by atoms with van der Waals surface area (Å²) in [4.78, 5) is 0.938. The number of halogens is 2. The Kier molecular flexibility index (Phi) is 3.22. The second kappa shape index (κ2) is 4.88. The molecule has 0 aliphatic rings. The van der Waals surface area contributed by atoms with Crippen LogP contribution in [0.25, 0.3) is 16.4 Å². The summed E-state index contributed by atoms with van der Waals surface area (Å²) < 4.78 is 15.5. The lowest BCUT2D eigenvalue weighted by atomic mass is 10.3. The third-order valence-electron chi connectivity index (χ3n) is 2.52. The lowest BCUT2D eigenvalue weighted by Gasteiger charge is -2.06. The second-order valence-electron chi connectivity index (χ2n) is 3.79. The van der Waals surface area contributed by atoms with Crippen LogP contribution in [0.5, 0.6) is 0 Å². The molecule has 3 rings (SSSR count). The van der Waals surface area contributed by atoms with Crippen molar-refractivity contribution < 1.29 is 4.39 Å². The van der Waals surface area contributed by atoms with Crippen molar-refractivity contribution in [3.8, 4) is 16.4 Å². The van der Waals surface area contributed by atoms with E-state index in [4.69, 9.17) is 23.8 Å². The van der Waals surface area contributed by atoms with E-state index >= 15 is 0 Å². The summed E-state index contributed by atoms with van der Waals surface area (Å²) in [5.74, 6) is 0.226. The lowest BCUT2D eigenvalue weighted by molar-refractivity contribution is 0.626. The Morgan fingerprint density at radius 1 is 1.37 bits per heavy atom. The molecule has 0 fully saturated rings. The monoisotopic (exact) mass is 311 g/mol. The van der Waals surface area contributed by atoms with Crippen molar-refractivity contribution in [1.29, 1.82) is 0 Å². The fourth-order valence-electron chi connectivity index (χ4n) is 1.78. The largest absolute Gasteiger partial charge is 0.267 e. The standard InChI is InChI=1S/C12H7ClFN3S2/c13-7-4-8(14)6-9(5-7)17-11(15-16-12(17)18)10-2-1-3-19-10/h1-6H,(H,16,18). The lowest BCUT2D eigenvalue weighted by Crippen LogP contribution is -1.97. The molecule has 96 valence electrons. The van der Waals surface area contributed by atoms with Gasteiger partial charge in [-0.25, -0.2) is 4.39 Å². The Hall–Kier alpha value is -1.50. The Morgan fingerprint density at radius 3 is 2.89 bits per heavy atom. The van der Waals surface area contributed by atoms with Gasteiger partial charge < -0.3 is 0 Å². The topological polar surface area (TPSA) is 33.6 Å². The molecule has 0 radical (unpaired) electrons. The average Bonchev–Trinajstić information content (AvgIpc) is 2.95. The predicted molar refractivity (Wildman–Crippen MR) is 77.0 cm³/mol. The Balaban J connectivity index is 2.25. The fourth-order valence-corrected chi connectivity index (χ4v) is 2.93. The summed E-state index contributed by atoms with van der Waals surface area (Å²) in [6, 6.07) is 8.11. The van der Waals surface area contributed by atoms with Gasteiger partial charge in [0.15, 0.2) is 10.6 Å². The predicted octanol–water partition coefficient (Wildman–Crippen LogP) is 4.45. The minimum Gasteiger partial charge on any atom is -0.267 e. The van der Waals surface area contributed by atoms with Gasteiger partial charge in [0.2, 0.25) is 0 Å². The molecule has 19 heavy (non-hydrogen) atoms. The first kappa shape index (κ1) is 12.5. The van der Waals surface area contributed by atoms with Gasteiger partial charge in [0, 0.05) is 5.02 Å². The summed E-state index contributed by atoms with van der Waals surface area (Å²) in [5.41, 5.74) is 0.548. The van der Waals surface area contributed by atoms with E-state index in [1.165, 1.54) is 23.5 Å². The number of rotatable bonds is 2. The van der Waals surface area contributed by atoms with Crippen LogP contribution >= 0.6 is 35.2 Å². The third-order valence-corrected chi connectivity index (χ3v) is 3.88. The zero-order chi connectivity index (χ0) is 13.4. The molecule has 1 N–H and O–H groups in total. The van der Waals surface area contributed by atoms with Crippen LogP contribution in [0.1, 0.15) is 0 Å². The smallest absolute Gasteiger partial charge is 0.200 e. The van der Waals surface area contributed by atoms with Crippen LogP contribution in [-0.4, -0.2) is 14.8 Å². The van der Waals surface area contributed by atoms with Gasteiger partial charge >= 0.3 is 0 Å². The number of aromatic amines is 1. The number of benzene rings is 1. The zero-order valence-electron chi connectivity index (χ0n) is 9.43. The number of hydrogen-bond acceptors (Lipinski definition) is 3. The number of aromatic nitrogens is 3. The molecule has 0 amide bonds. The van der Waals surface area contributed by atoms with Gasteiger partial charge in [-0.3, -0.25) is 9.67 Å². The van der Waals surface area contributed by atoms with E-state index in [0.29, 0.717) is 21.3 Å². The number of nitrogens with one attached hydrogen (secondary N) is 1. The molecule has 2 heterocycles. The molecule has 0 spiro atoms. The first-order chi connectivity index (χ1) is 9.15. The van der Waals surface area contributed by atoms with Gasteiger partial charge in [-0.2, -0.15) is 5.10 Å². The van der Waals surface area contributed by atoms with E-state index in [2.05, 4.69) is 10.2 Å². The van der Waals surface area contributed by atoms with Crippen molar-refractivity contribution in [2.45, 2.75) is 0 Å². The molecule has 0 atom stereocenters. The fraction of sp³-hybridized carbons (Fsp3) is 0. The zero-order valence-corrected chi connectivity index (χ0v) is 11.8. The first-order valence-corrected chi connectivity index (χ1v) is 6.99. The molecule has 0 saturated carbocycles. The minimum absolute atomic E-state index is 0.315. The van der Waals surface area contributed by atoms with Crippen LogP contribution in [0.2, 0.25) is 5.02 Å². The van der Waals surface area contributed by atoms with Crippen molar-refractivity contribution >= 4 is 35.2 Å². The van der Waals surface area contributed by atoms with E-state index in [1.807, 2.05) is 17.5 Å². The van der Waals surface area contributed by atoms with Gasteiger partial charge in [0.1, 0.15) is 5.82 Å². The maximum atomic E-state index is 13.5. The van der Waals surface area contributed by atoms with Gasteiger partial charge in [0.05, 0.1) is 10.6 Å². The highest BCUT2D eigenvalue weighted by Crippen LogP contribution is 2.27. The van der Waals surface area contributed by atoms with E-state index in [-0.39, 0.29) is 0 Å². The summed E-state index contributed by atoms with van der Waals surface area (Å²) in [6.07, 6.45) is 0. The van der Waals surface area contributed by atoms with Crippen molar-refractivity contribution in [1.82, 2.24) is 14.8 Å². The number of H-pyrrole nitrogens is 1. The van der Waals surface area contributed by atoms with Crippen LogP contribution in [0.3, 0.4) is 0 Å². The average molecular weight is 312 g/mol. The molecule has 7 heteroatoms. The maximum Gasteiger partial charge on any atom is 0.200 e. The molecule has 0 saturated heterocycles. The van der Waals surface area contributed by atoms with E-state index < -0.39 is 5.82 Å². The molecule has 2 aromatic heterocycles. The molecule has 3 nitrogen and oxygen atoms in total. The highest BCUT2D eigenvalue weighted by atomic mass is 35.5. The number of thiophene rings is 1. The molecule has 0 aliphatic carbocycles. The highest BCUT2D eigenvalue weighted by Gasteiger charge is 2.12. The number of nitrogens with zero attached hydrogens (tertiary/aromatic N) is 2. The molecule has 0 bridgehead atoms. The van der Waals surface area contributed by atoms with E-state index in [1.54, 1.807) is 10.6 Å². The second-order valence-corrected chi connectivity index (χ2v) is 5.56. The van der Waals surface area contributed by atoms with Gasteiger partial charge in [0.25, 0.3) is 0 Å². The van der Waals surface area contributed by atoms with Gasteiger partial charge in [-0.15, -0.1) is 11.3 Å². The first-order valence-electron chi connectivity index (χ1n) is 5.33. The molecule has 1 aromatic carbocycles. The maximum absolute atomic E-state index is 13.5. The van der Waals surface area contributed by atoms with E-state index in [0.717, 1.165) is 4.88 Å². The normalized spacial score (nSPS) is 10.8. The Labute approximate surface area is 122 Å². The SMILES string of the molecule is Fc1cc(Cl)cc(-n2c(-c3cccs3)n[nH]c2=S)c1. The molecule has 0 unspecified atom stereocenters. The Morgan fingerprint density at radius 2 is 2.21 bits per heavy atom. The van der Waals surface area contributed by atoms with Crippen molar-refractivity contribution in [2.75, 3.05) is 0 Å². The van der Waals surface area contributed by atoms with Crippen LogP contribution in [0.4, 0.5) is 4.39 Å². The highest BCUT2D eigenvalue weighted by molar-refractivity contribution is 7.71.